The number of amides is 1. The van der Waals surface area contributed by atoms with Crippen LogP contribution in [0, 0.1) is 6.92 Å². The molecule has 2 rings (SSSR count). The lowest BCUT2D eigenvalue weighted by Gasteiger charge is -2.22. The average molecular weight is 343 g/mol. The SMILES string of the molecule is CCOc1ccccc1N(C)C(=O)c1cc(C(=O)O)c(OC)cc1C. The van der Waals surface area contributed by atoms with Gasteiger partial charge in [-0.3, -0.25) is 4.79 Å². The number of carbonyl (C=O) groups excluding carboxylic acids is 1. The molecule has 0 saturated carbocycles. The molecule has 2 aromatic rings. The highest BCUT2D eigenvalue weighted by Crippen LogP contribution is 2.30. The fourth-order valence-electron chi connectivity index (χ4n) is 2.55. The summed E-state index contributed by atoms with van der Waals surface area (Å²) in [6.07, 6.45) is 0. The maximum atomic E-state index is 12.9. The first kappa shape index (κ1) is 18.3. The molecule has 0 aliphatic rings. The van der Waals surface area contributed by atoms with Crippen LogP contribution in [0.25, 0.3) is 0 Å². The van der Waals surface area contributed by atoms with Crippen LogP contribution < -0.4 is 14.4 Å². The highest BCUT2D eigenvalue weighted by Gasteiger charge is 2.22. The predicted molar refractivity (Wildman–Crippen MR) is 95.0 cm³/mol. The number of rotatable bonds is 6. The average Bonchev–Trinajstić information content (AvgIpc) is 2.60. The molecule has 132 valence electrons. The second-order valence-corrected chi connectivity index (χ2v) is 5.44. The minimum Gasteiger partial charge on any atom is -0.496 e. The van der Waals surface area contributed by atoms with Gasteiger partial charge in [-0.25, -0.2) is 4.79 Å². The van der Waals surface area contributed by atoms with Gasteiger partial charge in [-0.1, -0.05) is 12.1 Å². The number of nitrogens with zero attached hydrogens (tertiary/aromatic N) is 1. The zero-order valence-corrected chi connectivity index (χ0v) is 14.7. The Kier molecular flexibility index (Phi) is 5.64. The summed E-state index contributed by atoms with van der Waals surface area (Å²) in [6.45, 7) is 4.08. The number of aromatic carboxylic acids is 1. The summed E-state index contributed by atoms with van der Waals surface area (Å²) in [5, 5.41) is 9.34. The first-order valence-corrected chi connectivity index (χ1v) is 7.82. The van der Waals surface area contributed by atoms with E-state index >= 15 is 0 Å². The van der Waals surface area contributed by atoms with E-state index in [2.05, 4.69) is 0 Å². The lowest BCUT2D eigenvalue weighted by Crippen LogP contribution is -2.27. The van der Waals surface area contributed by atoms with Crippen LogP contribution in [-0.4, -0.2) is 37.7 Å². The number of hydrogen-bond acceptors (Lipinski definition) is 4. The van der Waals surface area contributed by atoms with Crippen LogP contribution in [0.5, 0.6) is 11.5 Å². The molecule has 0 unspecified atom stereocenters. The largest absolute Gasteiger partial charge is 0.496 e. The Morgan fingerprint density at radius 3 is 2.40 bits per heavy atom. The molecule has 0 aromatic heterocycles. The van der Waals surface area contributed by atoms with Gasteiger partial charge in [-0.2, -0.15) is 0 Å². The van der Waals surface area contributed by atoms with Crippen molar-refractivity contribution < 1.29 is 24.2 Å². The molecule has 6 nitrogen and oxygen atoms in total. The van der Waals surface area contributed by atoms with Crippen LogP contribution in [0.3, 0.4) is 0 Å². The molecular weight excluding hydrogens is 322 g/mol. The van der Waals surface area contributed by atoms with E-state index in [1.54, 1.807) is 32.2 Å². The topological polar surface area (TPSA) is 76.1 Å². The van der Waals surface area contributed by atoms with Gasteiger partial charge in [0.2, 0.25) is 0 Å². The van der Waals surface area contributed by atoms with Crippen molar-refractivity contribution in [3.05, 3.63) is 53.1 Å². The number of carbonyl (C=O) groups is 2. The number of para-hydroxylation sites is 2. The maximum Gasteiger partial charge on any atom is 0.339 e. The Balaban J connectivity index is 2.47. The molecule has 0 fully saturated rings. The van der Waals surface area contributed by atoms with Crippen molar-refractivity contribution in [3.63, 3.8) is 0 Å². The third-order valence-corrected chi connectivity index (χ3v) is 3.84. The van der Waals surface area contributed by atoms with Crippen LogP contribution in [0.4, 0.5) is 5.69 Å². The number of hydrogen-bond donors (Lipinski definition) is 1. The Morgan fingerprint density at radius 2 is 1.80 bits per heavy atom. The van der Waals surface area contributed by atoms with Gasteiger partial charge in [0, 0.05) is 12.6 Å². The summed E-state index contributed by atoms with van der Waals surface area (Å²) in [7, 11) is 3.03. The summed E-state index contributed by atoms with van der Waals surface area (Å²) >= 11 is 0. The molecular formula is C19H21NO5. The van der Waals surface area contributed by atoms with Gasteiger partial charge < -0.3 is 19.5 Å². The normalized spacial score (nSPS) is 10.2. The van der Waals surface area contributed by atoms with E-state index in [4.69, 9.17) is 9.47 Å². The fraction of sp³-hybridized carbons (Fsp3) is 0.263. The van der Waals surface area contributed by atoms with Crippen LogP contribution in [0.2, 0.25) is 0 Å². The molecule has 0 aliphatic carbocycles. The third kappa shape index (κ3) is 3.74. The molecule has 1 amide bonds. The fourth-order valence-corrected chi connectivity index (χ4v) is 2.55. The lowest BCUT2D eigenvalue weighted by atomic mass is 10.0. The zero-order valence-electron chi connectivity index (χ0n) is 14.7. The third-order valence-electron chi connectivity index (χ3n) is 3.84. The Labute approximate surface area is 146 Å². The summed E-state index contributed by atoms with van der Waals surface area (Å²) in [5.74, 6) is -0.664. The number of benzene rings is 2. The second kappa shape index (κ2) is 7.70. The molecule has 2 aromatic carbocycles. The molecule has 6 heteroatoms. The summed E-state index contributed by atoms with van der Waals surface area (Å²) in [4.78, 5) is 25.8. The van der Waals surface area contributed by atoms with Crippen molar-refractivity contribution in [3.8, 4) is 11.5 Å². The number of anilines is 1. The van der Waals surface area contributed by atoms with Gasteiger partial charge in [-0.15, -0.1) is 0 Å². The first-order chi connectivity index (χ1) is 11.9. The van der Waals surface area contributed by atoms with E-state index in [1.807, 2.05) is 19.1 Å². The standard InChI is InChI=1S/C19H21NO5/c1-5-25-16-9-7-6-8-15(16)20(3)18(21)13-11-14(19(22)23)17(24-4)10-12(13)2/h6-11H,5H2,1-4H3,(H,22,23). The smallest absolute Gasteiger partial charge is 0.339 e. The van der Waals surface area contributed by atoms with Crippen LogP contribution in [-0.2, 0) is 0 Å². The van der Waals surface area contributed by atoms with Gasteiger partial charge >= 0.3 is 5.97 Å². The highest BCUT2D eigenvalue weighted by molar-refractivity contribution is 6.09. The number of methoxy groups -OCH3 is 1. The number of carboxylic acids is 1. The monoisotopic (exact) mass is 343 g/mol. The van der Waals surface area contributed by atoms with E-state index in [1.165, 1.54) is 18.1 Å². The predicted octanol–water partition coefficient (Wildman–Crippen LogP) is 3.38. The second-order valence-electron chi connectivity index (χ2n) is 5.44. The molecule has 1 N–H and O–H groups in total. The molecule has 0 radical (unpaired) electrons. The van der Waals surface area contributed by atoms with E-state index < -0.39 is 5.97 Å². The van der Waals surface area contributed by atoms with E-state index in [-0.39, 0.29) is 17.2 Å². The minimum atomic E-state index is -1.15. The van der Waals surface area contributed by atoms with Crippen molar-refractivity contribution in [1.29, 1.82) is 0 Å². The number of carboxylic acid groups (broad SMARTS) is 1. The summed E-state index contributed by atoms with van der Waals surface area (Å²) in [6, 6.07) is 10.1. The van der Waals surface area contributed by atoms with Gasteiger partial charge in [0.25, 0.3) is 5.91 Å². The summed E-state index contributed by atoms with van der Waals surface area (Å²) in [5.41, 5.74) is 1.49. The van der Waals surface area contributed by atoms with E-state index in [0.29, 0.717) is 29.2 Å². The Bertz CT molecular complexity index is 800. The van der Waals surface area contributed by atoms with E-state index in [0.717, 1.165) is 0 Å². The van der Waals surface area contributed by atoms with Crippen LogP contribution in [0.15, 0.2) is 36.4 Å². The van der Waals surface area contributed by atoms with Crippen LogP contribution in [0.1, 0.15) is 33.2 Å². The lowest BCUT2D eigenvalue weighted by molar-refractivity contribution is 0.0693. The Morgan fingerprint density at radius 1 is 1.12 bits per heavy atom. The van der Waals surface area contributed by atoms with Gasteiger partial charge in [0.05, 0.1) is 19.4 Å². The first-order valence-electron chi connectivity index (χ1n) is 7.82. The molecule has 0 spiro atoms. The number of ether oxygens (including phenoxy) is 2. The maximum absolute atomic E-state index is 12.9. The highest BCUT2D eigenvalue weighted by atomic mass is 16.5. The molecule has 0 saturated heterocycles. The van der Waals surface area contributed by atoms with Gasteiger partial charge in [0.15, 0.2) is 0 Å². The molecule has 0 heterocycles. The van der Waals surface area contributed by atoms with Gasteiger partial charge in [0.1, 0.15) is 17.1 Å². The molecule has 0 aliphatic heterocycles. The van der Waals surface area contributed by atoms with Crippen LogP contribution >= 0.6 is 0 Å². The van der Waals surface area contributed by atoms with E-state index in [9.17, 15) is 14.7 Å². The number of aryl methyl sites for hydroxylation is 1. The van der Waals surface area contributed by atoms with Crippen molar-refractivity contribution in [2.45, 2.75) is 13.8 Å². The minimum absolute atomic E-state index is 0.0528. The van der Waals surface area contributed by atoms with Crippen molar-refractivity contribution >= 4 is 17.6 Å². The Hall–Kier alpha value is -3.02. The molecule has 0 atom stereocenters. The molecule has 25 heavy (non-hydrogen) atoms. The van der Waals surface area contributed by atoms with Crippen molar-refractivity contribution in [1.82, 2.24) is 0 Å². The molecule has 0 bridgehead atoms. The zero-order chi connectivity index (χ0) is 18.6. The van der Waals surface area contributed by atoms with Crippen molar-refractivity contribution in [2.75, 3.05) is 25.7 Å². The quantitative estimate of drug-likeness (QED) is 0.870. The van der Waals surface area contributed by atoms with Crippen molar-refractivity contribution in [2.24, 2.45) is 0 Å². The summed E-state index contributed by atoms with van der Waals surface area (Å²) < 4.78 is 10.7. The van der Waals surface area contributed by atoms with Gasteiger partial charge in [-0.05, 0) is 43.7 Å².